The third-order valence-electron chi connectivity index (χ3n) is 6.03. The molecule has 0 bridgehead atoms. The van der Waals surface area contributed by atoms with Crippen molar-refractivity contribution in [2.75, 3.05) is 13.1 Å². The molecule has 6 nitrogen and oxygen atoms in total. The van der Waals surface area contributed by atoms with Gasteiger partial charge in [0.15, 0.2) is 0 Å². The molecule has 2 aliphatic heterocycles. The number of ether oxygens (including phenoxy) is 1. The van der Waals surface area contributed by atoms with Gasteiger partial charge in [-0.25, -0.2) is 4.98 Å². The fourth-order valence-corrected chi connectivity index (χ4v) is 5.06. The number of benzene rings is 1. The number of imidazole rings is 1. The van der Waals surface area contributed by atoms with E-state index in [-0.39, 0.29) is 18.0 Å². The van der Waals surface area contributed by atoms with Gasteiger partial charge in [0.25, 0.3) is 5.91 Å². The molecule has 1 unspecified atom stereocenters. The van der Waals surface area contributed by atoms with Crippen LogP contribution in [0.2, 0.25) is 0 Å². The van der Waals surface area contributed by atoms with Gasteiger partial charge in [-0.15, -0.1) is 0 Å². The average Bonchev–Trinajstić information content (AvgIpc) is 3.44. The zero-order valence-corrected chi connectivity index (χ0v) is 16.2. The number of nitrogens with zero attached hydrogens (tertiary/aromatic N) is 3. The van der Waals surface area contributed by atoms with Crippen LogP contribution in [0, 0.1) is 5.41 Å². The fraction of sp³-hybridized carbons (Fsp3) is 0.381. The van der Waals surface area contributed by atoms with Crippen molar-refractivity contribution >= 4 is 34.2 Å². The summed E-state index contributed by atoms with van der Waals surface area (Å²) in [7, 11) is 0. The molecule has 4 heterocycles. The molecule has 0 aliphatic carbocycles. The zero-order chi connectivity index (χ0) is 19.1. The van der Waals surface area contributed by atoms with E-state index < -0.39 is 5.41 Å². The number of cyclic esters (lactones) is 1. The molecule has 2 fully saturated rings. The number of fused-ring (bicyclic) bond motifs is 1. The molecule has 1 aromatic carbocycles. The topological polar surface area (TPSA) is 64.4 Å². The van der Waals surface area contributed by atoms with E-state index in [1.165, 1.54) is 11.3 Å². The van der Waals surface area contributed by atoms with Crippen molar-refractivity contribution in [1.82, 2.24) is 14.5 Å². The van der Waals surface area contributed by atoms with E-state index in [0.717, 1.165) is 16.6 Å². The highest BCUT2D eigenvalue weighted by Gasteiger charge is 2.50. The van der Waals surface area contributed by atoms with Gasteiger partial charge in [0.2, 0.25) is 0 Å². The molecule has 3 aromatic rings. The van der Waals surface area contributed by atoms with E-state index >= 15 is 0 Å². The number of para-hydroxylation sites is 2. The van der Waals surface area contributed by atoms with Crippen LogP contribution >= 0.6 is 11.3 Å². The number of esters is 1. The zero-order valence-electron chi connectivity index (χ0n) is 15.4. The third-order valence-corrected chi connectivity index (χ3v) is 6.71. The summed E-state index contributed by atoms with van der Waals surface area (Å²) in [4.78, 5) is 31.5. The normalized spacial score (nSPS) is 21.4. The molecular formula is C21H21N3O3S. The van der Waals surface area contributed by atoms with E-state index in [1.807, 2.05) is 52.3 Å². The largest absolute Gasteiger partial charge is 0.460 e. The number of carbonyl (C=O) groups excluding carboxylic acids is 2. The maximum absolute atomic E-state index is 12.7. The maximum Gasteiger partial charge on any atom is 0.312 e. The van der Waals surface area contributed by atoms with Gasteiger partial charge in [-0.1, -0.05) is 12.1 Å². The number of thiophene rings is 1. The number of hydrogen-bond donors (Lipinski definition) is 0. The highest BCUT2D eigenvalue weighted by atomic mass is 32.1. The van der Waals surface area contributed by atoms with Gasteiger partial charge in [-0.3, -0.25) is 9.59 Å². The Bertz CT molecular complexity index is 1020. The Morgan fingerprint density at radius 2 is 2.07 bits per heavy atom. The lowest BCUT2D eigenvalue weighted by Crippen LogP contribution is -2.45. The Morgan fingerprint density at radius 1 is 1.25 bits per heavy atom. The van der Waals surface area contributed by atoms with Crippen LogP contribution in [0.25, 0.3) is 11.0 Å². The molecule has 0 radical (unpaired) electrons. The molecule has 2 aliphatic rings. The molecule has 28 heavy (non-hydrogen) atoms. The first-order valence-electron chi connectivity index (χ1n) is 9.57. The van der Waals surface area contributed by atoms with Crippen LogP contribution in [0.1, 0.15) is 29.6 Å². The molecule has 0 N–H and O–H groups in total. The summed E-state index contributed by atoms with van der Waals surface area (Å²) >= 11 is 1.52. The van der Waals surface area contributed by atoms with Gasteiger partial charge in [0, 0.05) is 24.9 Å². The lowest BCUT2D eigenvalue weighted by Gasteiger charge is -2.36. The van der Waals surface area contributed by atoms with Gasteiger partial charge in [0.1, 0.15) is 6.10 Å². The van der Waals surface area contributed by atoms with E-state index in [0.29, 0.717) is 38.9 Å². The standard InChI is InChI=1S/C21H21N3O3S/c25-19(15-5-10-28-13-15)23-8-6-21(7-9-23)11-16(27-20(21)26)12-24-14-22-17-3-1-2-4-18(17)24/h1-5,10,13-14,16H,6-9,11-12H2. The van der Waals surface area contributed by atoms with Gasteiger partial charge in [-0.05, 0) is 36.4 Å². The van der Waals surface area contributed by atoms with Crippen LogP contribution in [0.15, 0.2) is 47.4 Å². The Morgan fingerprint density at radius 3 is 2.86 bits per heavy atom. The lowest BCUT2D eigenvalue weighted by molar-refractivity contribution is -0.150. The number of rotatable bonds is 3. The second-order valence-corrected chi connectivity index (χ2v) is 8.48. The Hall–Kier alpha value is -2.67. The van der Waals surface area contributed by atoms with Gasteiger partial charge < -0.3 is 14.2 Å². The monoisotopic (exact) mass is 395 g/mol. The van der Waals surface area contributed by atoms with E-state index in [1.54, 1.807) is 0 Å². The second kappa shape index (κ2) is 6.74. The molecule has 1 spiro atoms. The van der Waals surface area contributed by atoms with Crippen molar-refractivity contribution < 1.29 is 14.3 Å². The summed E-state index contributed by atoms with van der Waals surface area (Å²) in [6.45, 7) is 1.82. The summed E-state index contributed by atoms with van der Waals surface area (Å²) in [6, 6.07) is 9.82. The molecule has 144 valence electrons. The van der Waals surface area contributed by atoms with E-state index in [2.05, 4.69) is 9.55 Å². The summed E-state index contributed by atoms with van der Waals surface area (Å²) in [6.07, 6.45) is 3.71. The number of piperidine rings is 1. The molecule has 1 atom stereocenters. The number of aromatic nitrogens is 2. The lowest BCUT2D eigenvalue weighted by atomic mass is 9.76. The Labute approximate surface area is 166 Å². The highest BCUT2D eigenvalue weighted by molar-refractivity contribution is 7.08. The van der Waals surface area contributed by atoms with E-state index in [4.69, 9.17) is 4.74 Å². The smallest absolute Gasteiger partial charge is 0.312 e. The summed E-state index contributed by atoms with van der Waals surface area (Å²) in [5.41, 5.74) is 2.28. The third kappa shape index (κ3) is 2.90. The van der Waals surface area contributed by atoms with Crippen LogP contribution in [-0.4, -0.2) is 45.5 Å². The van der Waals surface area contributed by atoms with Crippen molar-refractivity contribution in [2.45, 2.75) is 31.9 Å². The van der Waals surface area contributed by atoms with Crippen LogP contribution in [-0.2, 0) is 16.1 Å². The fourth-order valence-electron chi connectivity index (χ4n) is 4.43. The molecule has 7 heteroatoms. The predicted molar refractivity (Wildman–Crippen MR) is 106 cm³/mol. The Balaban J connectivity index is 1.26. The molecule has 0 saturated carbocycles. The van der Waals surface area contributed by atoms with Crippen molar-refractivity contribution in [3.8, 4) is 0 Å². The summed E-state index contributed by atoms with van der Waals surface area (Å²) in [5, 5.41) is 3.79. The minimum atomic E-state index is -0.452. The van der Waals surface area contributed by atoms with Crippen LogP contribution in [0.5, 0.6) is 0 Å². The van der Waals surface area contributed by atoms with Crippen LogP contribution < -0.4 is 0 Å². The number of hydrogen-bond acceptors (Lipinski definition) is 5. The summed E-state index contributed by atoms with van der Waals surface area (Å²) < 4.78 is 7.81. The number of likely N-dealkylation sites (tertiary alicyclic amines) is 1. The molecule has 5 rings (SSSR count). The molecular weight excluding hydrogens is 374 g/mol. The molecule has 2 aromatic heterocycles. The van der Waals surface area contributed by atoms with Crippen molar-refractivity contribution in [3.63, 3.8) is 0 Å². The van der Waals surface area contributed by atoms with Crippen molar-refractivity contribution in [2.24, 2.45) is 5.41 Å². The van der Waals surface area contributed by atoms with Gasteiger partial charge in [-0.2, -0.15) is 11.3 Å². The minimum Gasteiger partial charge on any atom is -0.460 e. The maximum atomic E-state index is 12.7. The average molecular weight is 395 g/mol. The Kier molecular flexibility index (Phi) is 4.19. The quantitative estimate of drug-likeness (QED) is 0.638. The summed E-state index contributed by atoms with van der Waals surface area (Å²) in [5.74, 6) is -0.0477. The molecule has 2 saturated heterocycles. The van der Waals surface area contributed by atoms with Gasteiger partial charge in [0.05, 0.1) is 34.9 Å². The highest BCUT2D eigenvalue weighted by Crippen LogP contribution is 2.43. The van der Waals surface area contributed by atoms with Crippen LogP contribution in [0.4, 0.5) is 0 Å². The minimum absolute atomic E-state index is 0.0592. The van der Waals surface area contributed by atoms with Crippen molar-refractivity contribution in [3.05, 3.63) is 53.0 Å². The second-order valence-electron chi connectivity index (χ2n) is 7.70. The SMILES string of the molecule is O=C(c1ccsc1)N1CCC2(CC1)CC(Cn1cnc3ccccc31)OC2=O. The van der Waals surface area contributed by atoms with Gasteiger partial charge >= 0.3 is 5.97 Å². The van der Waals surface area contributed by atoms with Crippen LogP contribution in [0.3, 0.4) is 0 Å². The van der Waals surface area contributed by atoms with Crippen molar-refractivity contribution in [1.29, 1.82) is 0 Å². The predicted octanol–water partition coefficient (Wildman–Crippen LogP) is 3.34. The molecule has 1 amide bonds. The first kappa shape index (κ1) is 17.4. The first-order valence-corrected chi connectivity index (χ1v) is 10.5. The number of amides is 1. The number of carbonyl (C=O) groups is 2. The first-order chi connectivity index (χ1) is 13.6. The van der Waals surface area contributed by atoms with E-state index in [9.17, 15) is 9.59 Å².